The summed E-state index contributed by atoms with van der Waals surface area (Å²) in [5.74, 6) is 2.14. The van der Waals surface area contributed by atoms with Crippen LogP contribution >= 0.6 is 0 Å². The number of esters is 1. The van der Waals surface area contributed by atoms with Gasteiger partial charge in [-0.25, -0.2) is 0 Å². The van der Waals surface area contributed by atoms with Crippen LogP contribution in [-0.4, -0.2) is 37.1 Å². The number of carbonyl (C=O) groups excluding carboxylic acids is 1. The number of benzene rings is 1. The van der Waals surface area contributed by atoms with Gasteiger partial charge in [0.25, 0.3) is 0 Å². The second-order valence-corrected chi connectivity index (χ2v) is 9.87. The number of nitrogens with one attached hydrogen (secondary N) is 1. The van der Waals surface area contributed by atoms with Crippen molar-refractivity contribution in [2.75, 3.05) is 13.3 Å². The summed E-state index contributed by atoms with van der Waals surface area (Å²) < 4.78 is 23.2. The Hall–Kier alpha value is -1.79. The van der Waals surface area contributed by atoms with Crippen LogP contribution in [-0.2, 0) is 20.8 Å². The van der Waals surface area contributed by atoms with E-state index >= 15 is 0 Å². The molecular weight excluding hydrogens is 370 g/mol. The van der Waals surface area contributed by atoms with Gasteiger partial charge in [0.15, 0.2) is 11.5 Å². The minimum Gasteiger partial charge on any atom is -0.462 e. The molecule has 156 valence electrons. The van der Waals surface area contributed by atoms with E-state index in [4.69, 9.17) is 18.9 Å². The van der Waals surface area contributed by atoms with Gasteiger partial charge < -0.3 is 24.3 Å². The zero-order valence-corrected chi connectivity index (χ0v) is 17.1. The van der Waals surface area contributed by atoms with Crippen LogP contribution in [0.2, 0.25) is 0 Å². The van der Waals surface area contributed by atoms with Crippen molar-refractivity contribution in [2.45, 2.75) is 63.9 Å². The molecule has 4 fully saturated rings. The van der Waals surface area contributed by atoms with Crippen LogP contribution in [0.25, 0.3) is 0 Å². The number of carbonyl (C=O) groups is 1. The molecule has 1 spiro atoms. The van der Waals surface area contributed by atoms with Gasteiger partial charge >= 0.3 is 5.97 Å². The fourth-order valence-electron chi connectivity index (χ4n) is 6.89. The lowest BCUT2D eigenvalue weighted by Gasteiger charge is -2.48. The maximum Gasteiger partial charge on any atom is 0.311 e. The van der Waals surface area contributed by atoms with E-state index < -0.39 is 0 Å². The predicted molar refractivity (Wildman–Crippen MR) is 104 cm³/mol. The first-order chi connectivity index (χ1) is 14.0. The fourth-order valence-corrected chi connectivity index (χ4v) is 6.89. The molecule has 0 radical (unpaired) electrons. The zero-order valence-electron chi connectivity index (χ0n) is 17.1. The molecule has 6 nitrogen and oxygen atoms in total. The zero-order chi connectivity index (χ0) is 19.8. The van der Waals surface area contributed by atoms with Crippen molar-refractivity contribution in [2.24, 2.45) is 23.2 Å². The summed E-state index contributed by atoms with van der Waals surface area (Å²) in [4.78, 5) is 12.7. The molecule has 2 saturated carbocycles. The van der Waals surface area contributed by atoms with E-state index in [1.54, 1.807) is 0 Å². The molecule has 2 aliphatic carbocycles. The number of hydrogen-bond acceptors (Lipinski definition) is 6. The molecule has 29 heavy (non-hydrogen) atoms. The smallest absolute Gasteiger partial charge is 0.311 e. The molecule has 1 N–H and O–H groups in total. The average molecular weight is 399 g/mol. The summed E-state index contributed by atoms with van der Waals surface area (Å²) in [6.45, 7) is 6.28. The lowest BCUT2D eigenvalue weighted by Crippen LogP contribution is -2.54. The lowest BCUT2D eigenvalue weighted by molar-refractivity contribution is -0.146. The second-order valence-electron chi connectivity index (χ2n) is 9.87. The molecular formula is C23H29NO5. The number of fused-ring (bicyclic) bond motifs is 3. The summed E-state index contributed by atoms with van der Waals surface area (Å²) in [6, 6.07) is 5.97. The van der Waals surface area contributed by atoms with Gasteiger partial charge in [-0.05, 0) is 42.9 Å². The Morgan fingerprint density at radius 2 is 2.10 bits per heavy atom. The molecule has 0 amide bonds. The van der Waals surface area contributed by atoms with Gasteiger partial charge in [-0.1, -0.05) is 26.3 Å². The maximum atomic E-state index is 12.7. The third-order valence-corrected chi connectivity index (χ3v) is 8.32. The number of hydrogen-bond donors (Lipinski definition) is 1. The van der Waals surface area contributed by atoms with Gasteiger partial charge in [-0.3, -0.25) is 4.79 Å². The highest BCUT2D eigenvalue weighted by Crippen LogP contribution is 2.70. The van der Waals surface area contributed by atoms with Crippen molar-refractivity contribution in [1.82, 2.24) is 5.32 Å². The lowest BCUT2D eigenvalue weighted by atomic mass is 9.53. The first kappa shape index (κ1) is 18.0. The van der Waals surface area contributed by atoms with E-state index in [0.717, 1.165) is 23.5 Å². The average Bonchev–Trinajstić information content (AvgIpc) is 3.15. The Morgan fingerprint density at radius 1 is 1.24 bits per heavy atom. The predicted octanol–water partition coefficient (Wildman–Crippen LogP) is 3.03. The van der Waals surface area contributed by atoms with Crippen LogP contribution in [0.15, 0.2) is 18.2 Å². The van der Waals surface area contributed by atoms with Crippen LogP contribution < -0.4 is 14.8 Å². The molecule has 0 bridgehead atoms. The molecule has 5 aliphatic rings. The van der Waals surface area contributed by atoms with Crippen molar-refractivity contribution in [3.05, 3.63) is 23.8 Å². The summed E-state index contributed by atoms with van der Waals surface area (Å²) in [5.41, 5.74) is 1.23. The summed E-state index contributed by atoms with van der Waals surface area (Å²) in [7, 11) is 0. The SMILES string of the molecule is C[C@H]1CCC[C@]2(C)C[C@H]3OC(=O)C(CNCc4ccc5c(c4)OCO5)[C@H]3[C@@H]3O[C@@]132. The van der Waals surface area contributed by atoms with Crippen LogP contribution in [0.4, 0.5) is 0 Å². The van der Waals surface area contributed by atoms with Gasteiger partial charge in [0.2, 0.25) is 6.79 Å². The van der Waals surface area contributed by atoms with Gasteiger partial charge in [0, 0.05) is 24.4 Å². The molecule has 0 aromatic heterocycles. The Kier molecular flexibility index (Phi) is 3.80. The molecule has 6 heteroatoms. The summed E-state index contributed by atoms with van der Waals surface area (Å²) >= 11 is 0. The normalized spacial score (nSPS) is 43.9. The highest BCUT2D eigenvalue weighted by molar-refractivity contribution is 5.76. The molecule has 6 rings (SSSR count). The minimum atomic E-state index is -0.128. The maximum absolute atomic E-state index is 12.7. The van der Waals surface area contributed by atoms with Crippen LogP contribution in [0, 0.1) is 23.2 Å². The quantitative estimate of drug-likeness (QED) is 0.620. The van der Waals surface area contributed by atoms with E-state index in [1.807, 2.05) is 18.2 Å². The van der Waals surface area contributed by atoms with Gasteiger partial charge in [-0.2, -0.15) is 0 Å². The molecule has 1 aromatic rings. The van der Waals surface area contributed by atoms with Crippen molar-refractivity contribution in [3.63, 3.8) is 0 Å². The Morgan fingerprint density at radius 3 is 3.00 bits per heavy atom. The summed E-state index contributed by atoms with van der Waals surface area (Å²) in [6.07, 6.45) is 4.79. The first-order valence-electron chi connectivity index (χ1n) is 11.0. The van der Waals surface area contributed by atoms with Gasteiger partial charge in [0.1, 0.15) is 11.7 Å². The van der Waals surface area contributed by atoms with Crippen molar-refractivity contribution < 1.29 is 23.7 Å². The Balaban J connectivity index is 1.16. The van der Waals surface area contributed by atoms with Crippen LogP contribution in [0.3, 0.4) is 0 Å². The first-order valence-corrected chi connectivity index (χ1v) is 11.0. The standard InChI is InChI=1S/C23H29NO5/c1-13-4-3-7-22(2)9-18-19(20-23(13,22)29-20)15(21(25)28-18)11-24-10-14-5-6-16-17(8-14)27-12-26-16/h5-6,8,13,15,18-20,24H,3-4,7,9-12H2,1-2H3/t13-,15?,18+,19+,20-,22+,23-/m0/s1. The second kappa shape index (κ2) is 6.11. The fraction of sp³-hybridized carbons (Fsp3) is 0.696. The topological polar surface area (TPSA) is 69.3 Å². The molecule has 7 atom stereocenters. The highest BCUT2D eigenvalue weighted by Gasteiger charge is 2.78. The van der Waals surface area contributed by atoms with E-state index in [0.29, 0.717) is 19.0 Å². The molecule has 3 aliphatic heterocycles. The highest BCUT2D eigenvalue weighted by atomic mass is 16.7. The number of ether oxygens (including phenoxy) is 4. The van der Waals surface area contributed by atoms with E-state index in [-0.39, 0.29) is 47.8 Å². The Bertz CT molecular complexity index is 858. The van der Waals surface area contributed by atoms with Crippen molar-refractivity contribution in [1.29, 1.82) is 0 Å². The van der Waals surface area contributed by atoms with E-state index in [9.17, 15) is 4.79 Å². The third-order valence-electron chi connectivity index (χ3n) is 8.32. The van der Waals surface area contributed by atoms with E-state index in [1.165, 1.54) is 19.3 Å². The van der Waals surface area contributed by atoms with Crippen molar-refractivity contribution in [3.8, 4) is 11.5 Å². The van der Waals surface area contributed by atoms with Crippen LogP contribution in [0.5, 0.6) is 11.5 Å². The molecule has 2 saturated heterocycles. The van der Waals surface area contributed by atoms with Crippen molar-refractivity contribution >= 4 is 5.97 Å². The molecule has 1 aromatic carbocycles. The third kappa shape index (κ3) is 2.45. The largest absolute Gasteiger partial charge is 0.462 e. The molecule has 1 unspecified atom stereocenters. The number of epoxide rings is 1. The minimum absolute atomic E-state index is 0.00997. The molecule has 3 heterocycles. The Labute approximate surface area is 171 Å². The summed E-state index contributed by atoms with van der Waals surface area (Å²) in [5, 5.41) is 3.48. The van der Waals surface area contributed by atoms with Crippen LogP contribution in [0.1, 0.15) is 45.1 Å². The van der Waals surface area contributed by atoms with E-state index in [2.05, 4.69) is 19.2 Å². The van der Waals surface area contributed by atoms with Gasteiger partial charge in [-0.15, -0.1) is 0 Å². The monoisotopic (exact) mass is 399 g/mol. The van der Waals surface area contributed by atoms with Gasteiger partial charge in [0.05, 0.1) is 12.0 Å². The number of rotatable bonds is 4.